The Labute approximate surface area is 135 Å². The van der Waals surface area contributed by atoms with E-state index in [1.165, 1.54) is 12.3 Å². The predicted octanol–water partition coefficient (Wildman–Crippen LogP) is 1.57. The summed E-state index contributed by atoms with van der Waals surface area (Å²) in [5, 5.41) is 14.8. The van der Waals surface area contributed by atoms with Gasteiger partial charge < -0.3 is 15.5 Å². The summed E-state index contributed by atoms with van der Waals surface area (Å²) in [4.78, 5) is 22.6. The Kier molecular flexibility index (Phi) is 5.61. The summed E-state index contributed by atoms with van der Waals surface area (Å²) in [5.74, 6) is 0.0128. The van der Waals surface area contributed by atoms with Crippen molar-refractivity contribution in [1.82, 2.24) is 14.9 Å². The smallest absolute Gasteiger partial charge is 0.274 e. The second-order valence-corrected chi connectivity index (χ2v) is 5.11. The van der Waals surface area contributed by atoms with Crippen LogP contribution in [-0.2, 0) is 0 Å². The van der Waals surface area contributed by atoms with Crippen molar-refractivity contribution in [3.63, 3.8) is 0 Å². The second-order valence-electron chi connectivity index (χ2n) is 5.11. The molecule has 1 aromatic carbocycles. The number of benzene rings is 1. The molecule has 0 aliphatic rings. The van der Waals surface area contributed by atoms with Gasteiger partial charge in [0.2, 0.25) is 5.95 Å². The van der Waals surface area contributed by atoms with Crippen molar-refractivity contribution in [3.05, 3.63) is 47.8 Å². The van der Waals surface area contributed by atoms with Crippen molar-refractivity contribution in [1.29, 1.82) is 5.26 Å². The Bertz CT molecular complexity index is 723. The van der Waals surface area contributed by atoms with Crippen LogP contribution < -0.4 is 10.6 Å². The van der Waals surface area contributed by atoms with Crippen LogP contribution in [0.15, 0.2) is 36.5 Å². The van der Waals surface area contributed by atoms with E-state index in [0.29, 0.717) is 23.7 Å². The fourth-order valence-electron chi connectivity index (χ4n) is 1.84. The van der Waals surface area contributed by atoms with E-state index in [1.54, 1.807) is 24.3 Å². The first-order valence-electron chi connectivity index (χ1n) is 7.12. The Morgan fingerprint density at radius 3 is 2.83 bits per heavy atom. The summed E-state index contributed by atoms with van der Waals surface area (Å²) < 4.78 is 0. The van der Waals surface area contributed by atoms with Gasteiger partial charge in [-0.1, -0.05) is 12.1 Å². The number of para-hydroxylation sites is 1. The monoisotopic (exact) mass is 310 g/mol. The summed E-state index contributed by atoms with van der Waals surface area (Å²) in [7, 11) is 3.94. The Hall–Kier alpha value is -2.98. The van der Waals surface area contributed by atoms with Gasteiger partial charge in [-0.3, -0.25) is 4.79 Å². The van der Waals surface area contributed by atoms with Crippen LogP contribution >= 0.6 is 0 Å². The Morgan fingerprint density at radius 2 is 2.09 bits per heavy atom. The van der Waals surface area contributed by atoms with Crippen molar-refractivity contribution < 1.29 is 4.79 Å². The lowest BCUT2D eigenvalue weighted by atomic mass is 10.2. The highest BCUT2D eigenvalue weighted by molar-refractivity contribution is 6.03. The number of carbonyl (C=O) groups is 1. The number of aromatic nitrogens is 2. The van der Waals surface area contributed by atoms with E-state index in [2.05, 4.69) is 20.6 Å². The van der Waals surface area contributed by atoms with Crippen LogP contribution in [0, 0.1) is 11.3 Å². The molecule has 0 unspecified atom stereocenters. The van der Waals surface area contributed by atoms with E-state index >= 15 is 0 Å². The normalized spacial score (nSPS) is 10.2. The van der Waals surface area contributed by atoms with Crippen LogP contribution in [0.5, 0.6) is 0 Å². The lowest BCUT2D eigenvalue weighted by Crippen LogP contribution is -2.22. The summed E-state index contributed by atoms with van der Waals surface area (Å²) in [6, 6.07) is 10.4. The van der Waals surface area contributed by atoms with Crippen LogP contribution in [0.4, 0.5) is 11.6 Å². The van der Waals surface area contributed by atoms with Gasteiger partial charge in [-0.15, -0.1) is 0 Å². The third-order valence-corrected chi connectivity index (χ3v) is 3.03. The van der Waals surface area contributed by atoms with Gasteiger partial charge in [0.25, 0.3) is 5.91 Å². The maximum Gasteiger partial charge on any atom is 0.274 e. The lowest BCUT2D eigenvalue weighted by molar-refractivity contribution is 0.102. The molecule has 0 spiro atoms. The van der Waals surface area contributed by atoms with Gasteiger partial charge in [0, 0.05) is 19.3 Å². The molecule has 0 fully saturated rings. The molecule has 0 bridgehead atoms. The summed E-state index contributed by atoms with van der Waals surface area (Å²) >= 11 is 0. The minimum Gasteiger partial charge on any atom is -0.353 e. The predicted molar refractivity (Wildman–Crippen MR) is 88.2 cm³/mol. The van der Waals surface area contributed by atoms with E-state index < -0.39 is 0 Å². The number of nitriles is 1. The van der Waals surface area contributed by atoms with Crippen LogP contribution in [0.2, 0.25) is 0 Å². The first-order chi connectivity index (χ1) is 11.1. The third-order valence-electron chi connectivity index (χ3n) is 3.03. The highest BCUT2D eigenvalue weighted by Crippen LogP contribution is 2.14. The van der Waals surface area contributed by atoms with Gasteiger partial charge >= 0.3 is 0 Å². The largest absolute Gasteiger partial charge is 0.353 e. The molecule has 1 amide bonds. The molecule has 0 atom stereocenters. The Morgan fingerprint density at radius 1 is 1.30 bits per heavy atom. The number of nitrogens with one attached hydrogen (secondary N) is 2. The van der Waals surface area contributed by atoms with Gasteiger partial charge in [-0.25, -0.2) is 9.97 Å². The number of rotatable bonds is 6. The van der Waals surface area contributed by atoms with Crippen LogP contribution in [0.1, 0.15) is 16.1 Å². The molecule has 2 N–H and O–H groups in total. The highest BCUT2D eigenvalue weighted by atomic mass is 16.1. The van der Waals surface area contributed by atoms with Crippen LogP contribution in [0.25, 0.3) is 0 Å². The van der Waals surface area contributed by atoms with Gasteiger partial charge in [0.1, 0.15) is 11.8 Å². The number of carbonyl (C=O) groups excluding carboxylic acids is 1. The van der Waals surface area contributed by atoms with Crippen molar-refractivity contribution in [2.45, 2.75) is 0 Å². The molecule has 1 heterocycles. The fraction of sp³-hybridized carbons (Fsp3) is 0.250. The zero-order valence-electron chi connectivity index (χ0n) is 13.1. The number of amides is 1. The van der Waals surface area contributed by atoms with Gasteiger partial charge in [-0.2, -0.15) is 5.26 Å². The maximum atomic E-state index is 12.3. The standard InChI is InChI=1S/C16H18N6O/c1-22(2)10-9-19-16-18-8-7-14(21-16)15(23)20-13-6-4-3-5-12(13)11-17/h3-8H,9-10H2,1-2H3,(H,20,23)(H,18,19,21). The van der Waals surface area contributed by atoms with Crippen molar-refractivity contribution in [3.8, 4) is 6.07 Å². The number of likely N-dealkylation sites (N-methyl/N-ethyl adjacent to an activating group) is 1. The molecule has 0 radical (unpaired) electrons. The Balaban J connectivity index is 2.06. The summed E-state index contributed by atoms with van der Waals surface area (Å²) in [6.45, 7) is 1.50. The summed E-state index contributed by atoms with van der Waals surface area (Å²) in [5.41, 5.74) is 1.10. The zero-order chi connectivity index (χ0) is 16.7. The average Bonchev–Trinajstić information content (AvgIpc) is 2.55. The third kappa shape index (κ3) is 4.76. The first kappa shape index (κ1) is 16.4. The number of hydrogen-bond donors (Lipinski definition) is 2. The van der Waals surface area contributed by atoms with Crippen molar-refractivity contribution >= 4 is 17.5 Å². The molecule has 0 aliphatic heterocycles. The van der Waals surface area contributed by atoms with Crippen LogP contribution in [0.3, 0.4) is 0 Å². The molecule has 7 nitrogen and oxygen atoms in total. The summed E-state index contributed by atoms with van der Waals surface area (Å²) in [6.07, 6.45) is 1.52. The van der Waals surface area contributed by atoms with E-state index in [-0.39, 0.29) is 11.6 Å². The molecule has 0 aliphatic carbocycles. The first-order valence-corrected chi connectivity index (χ1v) is 7.12. The molecule has 1 aromatic heterocycles. The minimum atomic E-state index is -0.384. The molecule has 23 heavy (non-hydrogen) atoms. The van der Waals surface area contributed by atoms with E-state index in [9.17, 15) is 4.79 Å². The topological polar surface area (TPSA) is 93.9 Å². The number of anilines is 2. The van der Waals surface area contributed by atoms with E-state index in [1.807, 2.05) is 25.1 Å². The number of hydrogen-bond acceptors (Lipinski definition) is 6. The molecule has 0 saturated heterocycles. The van der Waals surface area contributed by atoms with E-state index in [0.717, 1.165) is 6.54 Å². The SMILES string of the molecule is CN(C)CCNc1nccc(C(=O)Nc2ccccc2C#N)n1. The maximum absolute atomic E-state index is 12.3. The molecule has 7 heteroatoms. The molecule has 118 valence electrons. The molecule has 0 saturated carbocycles. The second kappa shape index (κ2) is 7.87. The lowest BCUT2D eigenvalue weighted by Gasteiger charge is -2.11. The van der Waals surface area contributed by atoms with Crippen molar-refractivity contribution in [2.75, 3.05) is 37.8 Å². The zero-order valence-corrected chi connectivity index (χ0v) is 13.1. The molecular weight excluding hydrogens is 292 g/mol. The molecule has 2 rings (SSSR count). The molecular formula is C16H18N6O. The van der Waals surface area contributed by atoms with E-state index in [4.69, 9.17) is 5.26 Å². The fourth-order valence-corrected chi connectivity index (χ4v) is 1.84. The average molecular weight is 310 g/mol. The van der Waals surface area contributed by atoms with Gasteiger partial charge in [0.15, 0.2) is 0 Å². The van der Waals surface area contributed by atoms with Crippen molar-refractivity contribution in [2.24, 2.45) is 0 Å². The minimum absolute atomic E-state index is 0.236. The molecule has 2 aromatic rings. The van der Waals surface area contributed by atoms with Gasteiger partial charge in [-0.05, 0) is 32.3 Å². The van der Waals surface area contributed by atoms with Crippen LogP contribution in [-0.4, -0.2) is 48.0 Å². The van der Waals surface area contributed by atoms with Gasteiger partial charge in [0.05, 0.1) is 11.3 Å². The highest BCUT2D eigenvalue weighted by Gasteiger charge is 2.11. The quantitative estimate of drug-likeness (QED) is 0.841. The number of nitrogens with zero attached hydrogens (tertiary/aromatic N) is 4.